The van der Waals surface area contributed by atoms with Crippen LogP contribution in [0.3, 0.4) is 0 Å². The van der Waals surface area contributed by atoms with Crippen LogP contribution in [0, 0.1) is 0 Å². The molecule has 8 nitrogen and oxygen atoms in total. The van der Waals surface area contributed by atoms with Gasteiger partial charge in [-0.2, -0.15) is 0 Å². The molecule has 26 heavy (non-hydrogen) atoms. The summed E-state index contributed by atoms with van der Waals surface area (Å²) in [7, 11) is 0.294. The van der Waals surface area contributed by atoms with E-state index in [1.807, 2.05) is 23.1 Å². The molecule has 3 aliphatic rings. The highest BCUT2D eigenvalue weighted by Crippen LogP contribution is 2.40. The predicted molar refractivity (Wildman–Crippen MR) is 99.9 cm³/mol. The zero-order chi connectivity index (χ0) is 18.5. The molecule has 0 aromatic heterocycles. The van der Waals surface area contributed by atoms with Gasteiger partial charge in [0.2, 0.25) is 12.7 Å². The first-order valence-corrected chi connectivity index (χ1v) is 10.9. The monoisotopic (exact) mass is 397 g/mol. The summed E-state index contributed by atoms with van der Waals surface area (Å²) in [5.74, 6) is 1.62. The van der Waals surface area contributed by atoms with Crippen molar-refractivity contribution in [2.75, 3.05) is 43.0 Å². The molecular weight excluding hydrogens is 378 g/mol. The van der Waals surface area contributed by atoms with Crippen molar-refractivity contribution >= 4 is 38.4 Å². The Bertz CT molecular complexity index is 884. The van der Waals surface area contributed by atoms with Crippen LogP contribution >= 0.6 is 11.8 Å². The molecule has 0 spiro atoms. The standard InChI is InChI=1S/C16H19N3O5S2/c1-18(2)15(20)6-25-16-17-11-7-26(21,22)8-12(11)19(16)10-3-4-13-14(5-10)24-9-23-13/h3-5,11-12H,6-9H2,1-2H3. The first kappa shape index (κ1) is 17.5. The van der Waals surface area contributed by atoms with E-state index < -0.39 is 9.84 Å². The van der Waals surface area contributed by atoms with Crippen molar-refractivity contribution in [1.29, 1.82) is 0 Å². The van der Waals surface area contributed by atoms with Crippen molar-refractivity contribution < 1.29 is 22.7 Å². The molecular formula is C16H19N3O5S2. The number of carbonyl (C=O) groups is 1. The number of benzene rings is 1. The molecule has 0 saturated carbocycles. The Kier molecular flexibility index (Phi) is 4.26. The topological polar surface area (TPSA) is 88.5 Å². The second-order valence-electron chi connectivity index (χ2n) is 6.61. The fraction of sp³-hybridized carbons (Fsp3) is 0.500. The van der Waals surface area contributed by atoms with Crippen LogP contribution in [0.15, 0.2) is 23.2 Å². The summed E-state index contributed by atoms with van der Waals surface area (Å²) in [5.41, 5.74) is 0.794. The highest BCUT2D eigenvalue weighted by molar-refractivity contribution is 8.14. The van der Waals surface area contributed by atoms with Gasteiger partial charge < -0.3 is 19.3 Å². The molecule has 1 aromatic rings. The minimum atomic E-state index is -3.12. The van der Waals surface area contributed by atoms with E-state index in [9.17, 15) is 13.2 Å². The van der Waals surface area contributed by atoms with Gasteiger partial charge in [0.25, 0.3) is 0 Å². The minimum absolute atomic E-state index is 0.0204. The zero-order valence-electron chi connectivity index (χ0n) is 14.4. The number of thioether (sulfide) groups is 1. The van der Waals surface area contributed by atoms with E-state index in [1.165, 1.54) is 16.7 Å². The number of sulfone groups is 1. The number of hydrogen-bond acceptors (Lipinski definition) is 8. The molecule has 140 valence electrons. The molecule has 2 atom stereocenters. The van der Waals surface area contributed by atoms with Crippen LogP contribution in [0.2, 0.25) is 0 Å². The molecule has 0 N–H and O–H groups in total. The van der Waals surface area contributed by atoms with Crippen LogP contribution in [0.5, 0.6) is 11.5 Å². The molecule has 10 heteroatoms. The Morgan fingerprint density at radius 3 is 2.85 bits per heavy atom. The average molecular weight is 397 g/mol. The van der Waals surface area contributed by atoms with Gasteiger partial charge in [-0.15, -0.1) is 0 Å². The number of rotatable bonds is 3. The van der Waals surface area contributed by atoms with Crippen molar-refractivity contribution in [3.8, 4) is 11.5 Å². The maximum Gasteiger partial charge on any atom is 0.232 e. The van der Waals surface area contributed by atoms with Crippen LogP contribution in [0.1, 0.15) is 0 Å². The van der Waals surface area contributed by atoms with Gasteiger partial charge in [-0.3, -0.25) is 9.79 Å². The molecule has 3 heterocycles. The van der Waals surface area contributed by atoms with Gasteiger partial charge in [-0.05, 0) is 12.1 Å². The summed E-state index contributed by atoms with van der Waals surface area (Å²) in [6, 6.07) is 4.95. The normalized spacial score (nSPS) is 25.2. The Morgan fingerprint density at radius 2 is 2.08 bits per heavy atom. The summed E-state index contributed by atoms with van der Waals surface area (Å²) in [6.45, 7) is 0.173. The van der Waals surface area contributed by atoms with Crippen molar-refractivity contribution in [3.63, 3.8) is 0 Å². The number of ether oxygens (including phenoxy) is 2. The maximum atomic E-state index is 12.1. The number of nitrogens with zero attached hydrogens (tertiary/aromatic N) is 3. The van der Waals surface area contributed by atoms with Crippen molar-refractivity contribution in [2.24, 2.45) is 4.99 Å². The Balaban J connectivity index is 1.64. The highest BCUT2D eigenvalue weighted by atomic mass is 32.2. The number of hydrogen-bond donors (Lipinski definition) is 0. The van der Waals surface area contributed by atoms with Crippen LogP contribution in [0.4, 0.5) is 5.69 Å². The Morgan fingerprint density at radius 1 is 1.31 bits per heavy atom. The van der Waals surface area contributed by atoms with Crippen molar-refractivity contribution in [2.45, 2.75) is 12.1 Å². The second kappa shape index (κ2) is 6.34. The van der Waals surface area contributed by atoms with Gasteiger partial charge in [-0.1, -0.05) is 11.8 Å². The molecule has 1 fully saturated rings. The smallest absolute Gasteiger partial charge is 0.232 e. The molecule has 0 aliphatic carbocycles. The van der Waals surface area contributed by atoms with E-state index in [0.29, 0.717) is 16.7 Å². The molecule has 1 aromatic carbocycles. The number of carbonyl (C=O) groups excluding carboxylic acids is 1. The molecule has 1 saturated heterocycles. The molecule has 2 unspecified atom stereocenters. The molecule has 3 aliphatic heterocycles. The third-order valence-corrected chi connectivity index (χ3v) is 7.22. The molecule has 4 rings (SSSR count). The van der Waals surface area contributed by atoms with Gasteiger partial charge >= 0.3 is 0 Å². The van der Waals surface area contributed by atoms with E-state index in [4.69, 9.17) is 9.47 Å². The maximum absolute atomic E-state index is 12.1. The van der Waals surface area contributed by atoms with Gasteiger partial charge in [-0.25, -0.2) is 8.42 Å². The third-order valence-electron chi connectivity index (χ3n) is 4.57. The number of fused-ring (bicyclic) bond motifs is 2. The second-order valence-corrected chi connectivity index (χ2v) is 9.70. The lowest BCUT2D eigenvalue weighted by atomic mass is 10.1. The number of amides is 1. The fourth-order valence-electron chi connectivity index (χ4n) is 3.23. The van der Waals surface area contributed by atoms with E-state index in [0.717, 1.165) is 5.69 Å². The van der Waals surface area contributed by atoms with Crippen LogP contribution in [-0.4, -0.2) is 74.6 Å². The van der Waals surface area contributed by atoms with Crippen molar-refractivity contribution in [3.05, 3.63) is 18.2 Å². The van der Waals surface area contributed by atoms with E-state index >= 15 is 0 Å². The first-order chi connectivity index (χ1) is 12.3. The average Bonchev–Trinajstić information content (AvgIpc) is 3.23. The molecule has 0 bridgehead atoms. The predicted octanol–water partition coefficient (Wildman–Crippen LogP) is 0.578. The summed E-state index contributed by atoms with van der Waals surface area (Å²) < 4.78 is 34.9. The van der Waals surface area contributed by atoms with E-state index in [1.54, 1.807) is 14.1 Å². The molecule has 1 amide bonds. The summed E-state index contributed by atoms with van der Waals surface area (Å²) in [4.78, 5) is 20.0. The third kappa shape index (κ3) is 3.11. The van der Waals surface area contributed by atoms with Crippen molar-refractivity contribution in [1.82, 2.24) is 4.90 Å². The van der Waals surface area contributed by atoms with Crippen LogP contribution < -0.4 is 14.4 Å². The largest absolute Gasteiger partial charge is 0.454 e. The first-order valence-electron chi connectivity index (χ1n) is 8.14. The lowest BCUT2D eigenvalue weighted by Gasteiger charge is -2.26. The quantitative estimate of drug-likeness (QED) is 0.737. The lowest BCUT2D eigenvalue weighted by Crippen LogP contribution is -2.39. The van der Waals surface area contributed by atoms with Crippen LogP contribution in [0.25, 0.3) is 0 Å². The van der Waals surface area contributed by atoms with Gasteiger partial charge in [0, 0.05) is 25.8 Å². The van der Waals surface area contributed by atoms with E-state index in [-0.39, 0.29) is 42.0 Å². The zero-order valence-corrected chi connectivity index (χ0v) is 16.0. The summed E-state index contributed by atoms with van der Waals surface area (Å²) >= 11 is 1.33. The van der Waals surface area contributed by atoms with E-state index in [2.05, 4.69) is 4.99 Å². The summed E-state index contributed by atoms with van der Waals surface area (Å²) in [6.07, 6.45) is 0. The minimum Gasteiger partial charge on any atom is -0.454 e. The summed E-state index contributed by atoms with van der Waals surface area (Å²) in [5, 5.41) is 0.670. The SMILES string of the molecule is CN(C)C(=O)CSC1=NC2CS(=O)(=O)CC2N1c1ccc2c(c1)OCO2. The molecule has 0 radical (unpaired) electrons. The van der Waals surface area contributed by atoms with Gasteiger partial charge in [0.1, 0.15) is 0 Å². The van der Waals surface area contributed by atoms with Gasteiger partial charge in [0.15, 0.2) is 26.5 Å². The lowest BCUT2D eigenvalue weighted by molar-refractivity contribution is -0.125. The Labute approximate surface area is 156 Å². The van der Waals surface area contributed by atoms with Gasteiger partial charge in [0.05, 0.1) is 29.3 Å². The van der Waals surface area contributed by atoms with Crippen LogP contribution in [-0.2, 0) is 14.6 Å². The number of aliphatic imine (C=N–C) groups is 1. The number of anilines is 1. The highest BCUT2D eigenvalue weighted by Gasteiger charge is 2.47. The fourth-order valence-corrected chi connectivity index (χ4v) is 6.17. The number of amidine groups is 1. The Hall–Kier alpha value is -1.94.